The normalized spacial score (nSPS) is 10.5. The highest BCUT2D eigenvalue weighted by atomic mass is 35.5. The monoisotopic (exact) mass is 1510 g/mol. The Morgan fingerprint density at radius 2 is 0.757 bits per heavy atom. The summed E-state index contributed by atoms with van der Waals surface area (Å²) in [7, 11) is 4.02. The van der Waals surface area contributed by atoms with Crippen LogP contribution >= 0.6 is 81.2 Å². The highest BCUT2D eigenvalue weighted by Crippen LogP contribution is 2.34. The van der Waals surface area contributed by atoms with Gasteiger partial charge in [0, 0.05) is 120 Å². The van der Waals surface area contributed by atoms with Crippen molar-refractivity contribution >= 4 is 139 Å². The average Bonchev–Trinajstić information content (AvgIpc) is 0.843. The largest absolute Gasteiger partial charge is 0.395 e. The fourth-order valence-electron chi connectivity index (χ4n) is 9.32. The van der Waals surface area contributed by atoms with Crippen molar-refractivity contribution in [2.75, 3.05) is 72.2 Å². The van der Waals surface area contributed by atoms with Gasteiger partial charge in [0.1, 0.15) is 16.8 Å². The highest BCUT2D eigenvalue weighted by molar-refractivity contribution is 6.41. The molecule has 4 amide bonds. The van der Waals surface area contributed by atoms with Crippen LogP contribution in [-0.2, 0) is 6.42 Å². The van der Waals surface area contributed by atoms with Crippen LogP contribution in [-0.4, -0.2) is 114 Å². The number of anilines is 6. The number of hydrogen-bond acceptors (Lipinski definition) is 16. The van der Waals surface area contributed by atoms with Crippen molar-refractivity contribution in [3.8, 4) is 45.0 Å². The zero-order valence-corrected chi connectivity index (χ0v) is 60.5. The van der Waals surface area contributed by atoms with Gasteiger partial charge in [0.15, 0.2) is 0 Å². The first kappa shape index (κ1) is 76.7. The zero-order chi connectivity index (χ0) is 73.2. The number of likely N-dealkylation sites (N-methyl/N-ethyl adjacent to an activating group) is 1. The number of aliphatic hydroxyl groups excluding tert-OH is 1. The van der Waals surface area contributed by atoms with Crippen LogP contribution in [0.1, 0.15) is 54.0 Å². The summed E-state index contributed by atoms with van der Waals surface area (Å²) in [5.41, 5.74) is 10.9. The van der Waals surface area contributed by atoms with Gasteiger partial charge < -0.3 is 41.9 Å². The second kappa shape index (κ2) is 38.5. The van der Waals surface area contributed by atoms with Gasteiger partial charge in [-0.25, -0.2) is 15.0 Å². The summed E-state index contributed by atoms with van der Waals surface area (Å²) in [4.78, 5) is 85.5. The summed E-state index contributed by atoms with van der Waals surface area (Å²) < 4.78 is 0. The van der Waals surface area contributed by atoms with Crippen LogP contribution in [0.4, 0.5) is 34.4 Å². The maximum Gasteiger partial charge on any atom is 0.257 e. The Bertz CT molecular complexity index is 4850. The van der Waals surface area contributed by atoms with Crippen molar-refractivity contribution in [3.63, 3.8) is 0 Å². The Morgan fingerprint density at radius 3 is 1.09 bits per heavy atom. The molecule has 4 aromatic carbocycles. The number of aryl methyl sites for hydroxylation is 1. The number of nitrogens with zero attached hydrogens (tertiary/aromatic N) is 9. The molecule has 0 aliphatic carbocycles. The van der Waals surface area contributed by atoms with Crippen molar-refractivity contribution < 1.29 is 24.3 Å². The van der Waals surface area contributed by atoms with E-state index in [9.17, 15) is 19.2 Å². The fraction of sp³-hybridized carbons (Fsp3) is 0.105. The zero-order valence-electron chi connectivity index (χ0n) is 55.2. The van der Waals surface area contributed by atoms with E-state index in [1.807, 2.05) is 112 Å². The molecule has 27 heteroatoms. The predicted octanol–water partition coefficient (Wildman–Crippen LogP) is 18.1. The maximum absolute atomic E-state index is 12.5. The number of amides is 4. The van der Waals surface area contributed by atoms with E-state index in [-0.39, 0.29) is 40.4 Å². The molecule has 0 fully saturated rings. The number of aromatic nitrogens is 8. The lowest BCUT2D eigenvalue weighted by atomic mass is 10.1. The van der Waals surface area contributed by atoms with Crippen molar-refractivity contribution in [3.05, 3.63) is 295 Å². The van der Waals surface area contributed by atoms with Crippen molar-refractivity contribution in [1.82, 2.24) is 44.8 Å². The van der Waals surface area contributed by atoms with E-state index >= 15 is 0 Å². The Labute approximate surface area is 629 Å². The van der Waals surface area contributed by atoms with Gasteiger partial charge in [-0.3, -0.25) is 44.1 Å². The predicted molar refractivity (Wildman–Crippen MR) is 415 cm³/mol. The third-order valence-electron chi connectivity index (χ3n) is 14.6. The number of hydrogen-bond donors (Lipinski definition) is 7. The number of rotatable bonds is 20. The molecule has 0 aliphatic heterocycles. The van der Waals surface area contributed by atoms with E-state index in [1.165, 1.54) is 24.5 Å². The Balaban J connectivity index is 0.000000160. The van der Waals surface area contributed by atoms with E-state index in [2.05, 4.69) is 76.7 Å². The molecule has 8 heterocycles. The standard InChI is InChI=1S/C21H22ClN5O.C19H16Cl2N4O2.C19H16ClN3O.C17H10Cl3N3O/c1-27(2)12-11-24-20-9-6-15(14-25-20)21(28)26-16-7-8-18(22)17(13-16)19-5-3-4-10-23-19;20-15-5-4-13(10-14(15)17-3-1-2-6-22-17)25-19(27)12-9-16(21)18(24-11-12)23-7-8-26;1-2-14-7-6-13(12-22-14)19(24)23-15-8-9-17(20)16(11-15)18-5-3-4-10-21-18;18-13-5-4-11(8-12(13)15-3-1-2-6-21-15)23-17(24)10-7-14(19)16(20)22-9-10/h3-10,13-14H,11-12H2,1-2H3,(H,24,25)(H,26,28);1-6,9-11,26H,7-8H2,(H,23,24)(H,25,27);3-12H,2H2,1H3,(H,23,24);1-9H,(H,23,24). The number of aliphatic hydroxyl groups is 1. The van der Waals surface area contributed by atoms with E-state index in [0.717, 1.165) is 70.4 Å². The summed E-state index contributed by atoms with van der Waals surface area (Å²) in [6.07, 6.45) is 13.5. The van der Waals surface area contributed by atoms with E-state index in [1.54, 1.807) is 116 Å². The SMILES string of the molecule is CCc1ccc(C(=O)Nc2ccc(Cl)c(-c3ccccn3)c2)cn1.CN(C)CCNc1ccc(C(=O)Nc2ccc(Cl)c(-c3ccccn3)c2)cn1.O=C(Nc1ccc(Cl)c(-c2ccccn2)c1)c1cnc(Cl)c(Cl)c1.O=C(Nc1ccc(Cl)c(-c2ccccn2)c1)c1cnc(NCCO)c(Cl)c1. The minimum absolute atomic E-state index is 0.0462. The van der Waals surface area contributed by atoms with Crippen LogP contribution in [0.2, 0.25) is 35.3 Å². The lowest BCUT2D eigenvalue weighted by molar-refractivity contribution is 0.101. The van der Waals surface area contributed by atoms with Gasteiger partial charge in [0.2, 0.25) is 0 Å². The summed E-state index contributed by atoms with van der Waals surface area (Å²) in [6, 6.07) is 53.4. The maximum atomic E-state index is 12.5. The number of nitrogens with one attached hydrogen (secondary N) is 6. The first-order valence-electron chi connectivity index (χ1n) is 31.5. The molecule has 0 aliphatic rings. The molecular formula is C76H64Cl7N15O5. The molecule has 20 nitrogen and oxygen atoms in total. The Hall–Kier alpha value is -10.5. The summed E-state index contributed by atoms with van der Waals surface area (Å²) in [5.74, 6) is -0.00243. The van der Waals surface area contributed by atoms with E-state index in [4.69, 9.17) is 86.3 Å². The van der Waals surface area contributed by atoms with Gasteiger partial charge in [0.05, 0.1) is 81.8 Å². The van der Waals surface area contributed by atoms with Crippen LogP contribution in [0.25, 0.3) is 45.0 Å². The number of benzene rings is 4. The molecule has 8 aromatic heterocycles. The molecule has 522 valence electrons. The lowest BCUT2D eigenvalue weighted by Crippen LogP contribution is -2.21. The number of carbonyl (C=O) groups excluding carboxylic acids is 4. The molecule has 12 aromatic rings. The third-order valence-corrected chi connectivity index (χ3v) is 16.9. The summed E-state index contributed by atoms with van der Waals surface area (Å²) in [5, 5.41) is 29.1. The molecule has 0 saturated heterocycles. The molecular weight excluding hydrogens is 1450 g/mol. The first-order chi connectivity index (χ1) is 49.8. The smallest absolute Gasteiger partial charge is 0.257 e. The molecule has 0 bridgehead atoms. The van der Waals surface area contributed by atoms with E-state index < -0.39 is 0 Å². The van der Waals surface area contributed by atoms with Crippen molar-refractivity contribution in [2.24, 2.45) is 0 Å². The fourth-order valence-corrected chi connectivity index (χ4v) is 10.7. The second-order valence-corrected chi connectivity index (χ2v) is 25.0. The molecule has 0 spiro atoms. The first-order valence-corrected chi connectivity index (χ1v) is 34.2. The molecule has 0 radical (unpaired) electrons. The second-order valence-electron chi connectivity index (χ2n) is 22.2. The van der Waals surface area contributed by atoms with Crippen LogP contribution in [0.15, 0.2) is 232 Å². The van der Waals surface area contributed by atoms with Gasteiger partial charge in [-0.1, -0.05) is 112 Å². The van der Waals surface area contributed by atoms with Crippen LogP contribution in [0.3, 0.4) is 0 Å². The van der Waals surface area contributed by atoms with Gasteiger partial charge in [-0.15, -0.1) is 0 Å². The summed E-state index contributed by atoms with van der Waals surface area (Å²) >= 11 is 42.8. The highest BCUT2D eigenvalue weighted by Gasteiger charge is 2.17. The van der Waals surface area contributed by atoms with Crippen LogP contribution < -0.4 is 31.9 Å². The van der Waals surface area contributed by atoms with Crippen LogP contribution in [0.5, 0.6) is 0 Å². The van der Waals surface area contributed by atoms with Crippen molar-refractivity contribution in [2.45, 2.75) is 13.3 Å². The van der Waals surface area contributed by atoms with E-state index in [0.29, 0.717) is 88.2 Å². The lowest BCUT2D eigenvalue weighted by Gasteiger charge is -2.11. The minimum atomic E-state index is -0.354. The van der Waals surface area contributed by atoms with Crippen molar-refractivity contribution in [1.29, 1.82) is 0 Å². The Kier molecular flexibility index (Phi) is 28.7. The van der Waals surface area contributed by atoms with Gasteiger partial charge >= 0.3 is 0 Å². The number of carbonyl (C=O) groups is 4. The average molecular weight is 1520 g/mol. The molecule has 12 rings (SSSR count). The summed E-state index contributed by atoms with van der Waals surface area (Å²) in [6.45, 7) is 3.98. The number of pyridine rings is 8. The molecule has 0 unspecified atom stereocenters. The topological polar surface area (TPSA) is 267 Å². The molecule has 7 N–H and O–H groups in total. The molecule has 103 heavy (non-hydrogen) atoms. The Morgan fingerprint density at radius 1 is 0.379 bits per heavy atom. The van der Waals surface area contributed by atoms with Gasteiger partial charge in [-0.2, -0.15) is 0 Å². The van der Waals surface area contributed by atoms with Crippen LogP contribution in [0, 0.1) is 0 Å². The number of halogens is 7. The third kappa shape index (κ3) is 22.8. The molecule has 0 atom stereocenters. The molecule has 0 saturated carbocycles. The van der Waals surface area contributed by atoms with Gasteiger partial charge in [-0.05, 0) is 178 Å². The quantitative estimate of drug-likeness (QED) is 0.0350. The minimum Gasteiger partial charge on any atom is -0.395 e. The van der Waals surface area contributed by atoms with Gasteiger partial charge in [0.25, 0.3) is 23.6 Å².